The van der Waals surface area contributed by atoms with E-state index in [1.807, 2.05) is 24.3 Å². The topological polar surface area (TPSA) is 73.7 Å². The van der Waals surface area contributed by atoms with Crippen LogP contribution in [0.1, 0.15) is 5.56 Å². The number of phenolic OH excluding ortho intramolecular Hbond substituents is 1. The van der Waals surface area contributed by atoms with Gasteiger partial charge in [0, 0.05) is 16.7 Å². The first-order chi connectivity index (χ1) is 15.1. The van der Waals surface area contributed by atoms with Crippen molar-refractivity contribution >= 4 is 11.6 Å². The second kappa shape index (κ2) is 9.36. The SMILES string of the molecule is COc1ccccc1Oc1cncnc1-c1ccc(OCc2ccc(Cl)cc2)cc1O. The van der Waals surface area contributed by atoms with Gasteiger partial charge >= 0.3 is 0 Å². The van der Waals surface area contributed by atoms with Gasteiger partial charge in [-0.25, -0.2) is 9.97 Å². The highest BCUT2D eigenvalue weighted by Crippen LogP contribution is 2.39. The molecular formula is C24H19ClN2O4. The second-order valence-electron chi connectivity index (χ2n) is 6.58. The molecule has 0 bridgehead atoms. The van der Waals surface area contributed by atoms with Crippen LogP contribution in [0, 0.1) is 0 Å². The third-order valence-electron chi connectivity index (χ3n) is 4.51. The first-order valence-corrected chi connectivity index (χ1v) is 9.83. The Hall–Kier alpha value is -3.77. The molecule has 1 N–H and O–H groups in total. The van der Waals surface area contributed by atoms with Crippen molar-refractivity contribution in [1.82, 2.24) is 9.97 Å². The first-order valence-electron chi connectivity index (χ1n) is 9.45. The number of halogens is 1. The van der Waals surface area contributed by atoms with Crippen LogP contribution in [-0.4, -0.2) is 22.2 Å². The van der Waals surface area contributed by atoms with Crippen LogP contribution >= 0.6 is 11.6 Å². The summed E-state index contributed by atoms with van der Waals surface area (Å²) in [4.78, 5) is 8.35. The number of para-hydroxylation sites is 2. The van der Waals surface area contributed by atoms with Crippen LogP contribution in [0.25, 0.3) is 11.3 Å². The maximum Gasteiger partial charge on any atom is 0.172 e. The van der Waals surface area contributed by atoms with Gasteiger partial charge in [-0.3, -0.25) is 0 Å². The quantitative estimate of drug-likeness (QED) is 0.391. The maximum atomic E-state index is 10.6. The van der Waals surface area contributed by atoms with E-state index >= 15 is 0 Å². The number of aromatic nitrogens is 2. The number of nitrogens with zero attached hydrogens (tertiary/aromatic N) is 2. The predicted molar refractivity (Wildman–Crippen MR) is 118 cm³/mol. The normalized spacial score (nSPS) is 10.5. The Labute approximate surface area is 184 Å². The van der Waals surface area contributed by atoms with Gasteiger partial charge in [0.05, 0.1) is 13.3 Å². The van der Waals surface area contributed by atoms with Crippen molar-refractivity contribution < 1.29 is 19.3 Å². The van der Waals surface area contributed by atoms with Crippen molar-refractivity contribution in [2.24, 2.45) is 0 Å². The molecule has 0 aliphatic heterocycles. The fraction of sp³-hybridized carbons (Fsp3) is 0.0833. The molecule has 0 saturated heterocycles. The molecule has 1 aromatic heterocycles. The van der Waals surface area contributed by atoms with Crippen LogP contribution in [0.2, 0.25) is 5.02 Å². The molecule has 0 saturated carbocycles. The molecule has 31 heavy (non-hydrogen) atoms. The standard InChI is InChI=1S/C24H19ClN2O4/c1-29-21-4-2-3-5-22(21)31-23-13-26-15-27-24(23)19-11-10-18(12-20(19)28)30-14-16-6-8-17(25)9-7-16/h2-13,15,28H,14H2,1H3. The molecule has 0 atom stereocenters. The lowest BCUT2D eigenvalue weighted by Gasteiger charge is -2.14. The number of phenols is 1. The third-order valence-corrected chi connectivity index (χ3v) is 4.76. The molecule has 0 amide bonds. The molecule has 0 aliphatic carbocycles. The third kappa shape index (κ3) is 4.87. The summed E-state index contributed by atoms with van der Waals surface area (Å²) in [6.07, 6.45) is 2.94. The fourth-order valence-electron chi connectivity index (χ4n) is 2.96. The molecule has 0 aliphatic rings. The highest BCUT2D eigenvalue weighted by atomic mass is 35.5. The van der Waals surface area contributed by atoms with E-state index < -0.39 is 0 Å². The molecule has 3 aromatic carbocycles. The van der Waals surface area contributed by atoms with Gasteiger partial charge in [0.1, 0.15) is 30.1 Å². The lowest BCUT2D eigenvalue weighted by molar-refractivity contribution is 0.304. The van der Waals surface area contributed by atoms with E-state index in [0.29, 0.717) is 45.9 Å². The number of rotatable bonds is 7. The Morgan fingerprint density at radius 1 is 0.935 bits per heavy atom. The van der Waals surface area contributed by atoms with Gasteiger partial charge in [-0.05, 0) is 42.0 Å². The van der Waals surface area contributed by atoms with Gasteiger partial charge in [-0.1, -0.05) is 35.9 Å². The summed E-state index contributed by atoms with van der Waals surface area (Å²) in [5.74, 6) is 2.02. The fourth-order valence-corrected chi connectivity index (χ4v) is 3.09. The zero-order valence-corrected chi connectivity index (χ0v) is 17.4. The number of benzene rings is 3. The van der Waals surface area contributed by atoms with Crippen molar-refractivity contribution in [3.8, 4) is 40.0 Å². The summed E-state index contributed by atoms with van der Waals surface area (Å²) in [7, 11) is 1.57. The number of ether oxygens (including phenoxy) is 3. The first kappa shape index (κ1) is 20.5. The maximum absolute atomic E-state index is 10.6. The number of methoxy groups -OCH3 is 1. The Bertz CT molecular complexity index is 1180. The lowest BCUT2D eigenvalue weighted by atomic mass is 10.1. The predicted octanol–water partition coefficient (Wildman–Crippen LogP) is 5.88. The summed E-state index contributed by atoms with van der Waals surface area (Å²) in [6, 6.07) is 19.7. The number of hydrogen-bond acceptors (Lipinski definition) is 6. The van der Waals surface area contributed by atoms with Gasteiger partial charge in [0.15, 0.2) is 17.2 Å². The summed E-state index contributed by atoms with van der Waals surface area (Å²) in [5.41, 5.74) is 1.91. The summed E-state index contributed by atoms with van der Waals surface area (Å²) in [5, 5.41) is 11.3. The van der Waals surface area contributed by atoms with Crippen LogP contribution in [0.4, 0.5) is 0 Å². The van der Waals surface area contributed by atoms with E-state index in [0.717, 1.165) is 5.56 Å². The van der Waals surface area contributed by atoms with E-state index in [1.165, 1.54) is 6.33 Å². The zero-order chi connectivity index (χ0) is 21.6. The molecule has 0 spiro atoms. The molecule has 4 aromatic rings. The van der Waals surface area contributed by atoms with Crippen LogP contribution in [-0.2, 0) is 6.61 Å². The molecule has 7 heteroatoms. The summed E-state index contributed by atoms with van der Waals surface area (Å²) >= 11 is 5.90. The Kier molecular flexibility index (Phi) is 6.19. The number of aromatic hydroxyl groups is 1. The van der Waals surface area contributed by atoms with Crippen LogP contribution < -0.4 is 14.2 Å². The van der Waals surface area contributed by atoms with E-state index in [-0.39, 0.29) is 5.75 Å². The highest BCUT2D eigenvalue weighted by molar-refractivity contribution is 6.30. The van der Waals surface area contributed by atoms with Gasteiger partial charge in [0.2, 0.25) is 0 Å². The number of hydrogen-bond donors (Lipinski definition) is 1. The largest absolute Gasteiger partial charge is 0.507 e. The minimum absolute atomic E-state index is 0.0113. The van der Waals surface area contributed by atoms with Crippen LogP contribution in [0.15, 0.2) is 79.3 Å². The smallest absolute Gasteiger partial charge is 0.172 e. The van der Waals surface area contributed by atoms with E-state index in [1.54, 1.807) is 55.8 Å². The molecule has 0 unspecified atom stereocenters. The van der Waals surface area contributed by atoms with E-state index in [2.05, 4.69) is 9.97 Å². The Morgan fingerprint density at radius 2 is 1.71 bits per heavy atom. The minimum Gasteiger partial charge on any atom is -0.507 e. The highest BCUT2D eigenvalue weighted by Gasteiger charge is 2.15. The van der Waals surface area contributed by atoms with Gasteiger partial charge in [0.25, 0.3) is 0 Å². The zero-order valence-electron chi connectivity index (χ0n) is 16.7. The average Bonchev–Trinajstić information content (AvgIpc) is 2.80. The Balaban J connectivity index is 1.56. The van der Waals surface area contributed by atoms with Gasteiger partial charge in [-0.15, -0.1) is 0 Å². The second-order valence-corrected chi connectivity index (χ2v) is 7.02. The minimum atomic E-state index is 0.0113. The molecule has 0 fully saturated rings. The van der Waals surface area contributed by atoms with Crippen LogP contribution in [0.3, 0.4) is 0 Å². The molecule has 156 valence electrons. The van der Waals surface area contributed by atoms with Crippen molar-refractivity contribution in [3.05, 3.63) is 89.8 Å². The van der Waals surface area contributed by atoms with Crippen molar-refractivity contribution in [2.45, 2.75) is 6.61 Å². The molecule has 0 radical (unpaired) electrons. The summed E-state index contributed by atoms with van der Waals surface area (Å²) in [6.45, 7) is 0.353. The Morgan fingerprint density at radius 3 is 2.45 bits per heavy atom. The monoisotopic (exact) mass is 434 g/mol. The van der Waals surface area contributed by atoms with E-state index in [9.17, 15) is 5.11 Å². The van der Waals surface area contributed by atoms with E-state index in [4.69, 9.17) is 25.8 Å². The molecule has 1 heterocycles. The van der Waals surface area contributed by atoms with Crippen molar-refractivity contribution in [3.63, 3.8) is 0 Å². The van der Waals surface area contributed by atoms with Gasteiger partial charge in [-0.2, -0.15) is 0 Å². The molecule has 4 rings (SSSR count). The lowest BCUT2D eigenvalue weighted by Crippen LogP contribution is -1.97. The van der Waals surface area contributed by atoms with Crippen molar-refractivity contribution in [1.29, 1.82) is 0 Å². The molecule has 6 nitrogen and oxygen atoms in total. The molecular weight excluding hydrogens is 416 g/mol. The summed E-state index contributed by atoms with van der Waals surface area (Å²) < 4.78 is 17.1. The van der Waals surface area contributed by atoms with Crippen LogP contribution in [0.5, 0.6) is 28.7 Å². The van der Waals surface area contributed by atoms with Crippen molar-refractivity contribution in [2.75, 3.05) is 7.11 Å². The average molecular weight is 435 g/mol. The van der Waals surface area contributed by atoms with Gasteiger partial charge < -0.3 is 19.3 Å².